The molecule has 5 aliphatic heterocycles. The van der Waals surface area contributed by atoms with Gasteiger partial charge in [-0.3, -0.25) is 24.6 Å². The number of aryl methyl sites for hydroxylation is 1. The molecule has 0 radical (unpaired) electrons. The number of carbonyl (C=O) groups excluding carboxylic acids is 3. The highest BCUT2D eigenvalue weighted by Gasteiger charge is 2.50. The van der Waals surface area contributed by atoms with Crippen LogP contribution in [0.1, 0.15) is 52.5 Å². The number of carbonyl (C=O) groups is 3. The molecule has 3 aromatic heterocycles. The number of phenolic OH excluding ortho intramolecular Hbond substituents is 1. The smallest absolute Gasteiger partial charge is 0.255 e. The van der Waals surface area contributed by atoms with Crippen molar-refractivity contribution in [1.29, 1.82) is 0 Å². The van der Waals surface area contributed by atoms with Crippen molar-refractivity contribution in [3.63, 3.8) is 0 Å². The zero-order chi connectivity index (χ0) is 39.9. The molecule has 15 nitrogen and oxygen atoms in total. The van der Waals surface area contributed by atoms with Crippen LogP contribution in [0.5, 0.6) is 5.75 Å². The molecule has 5 aromatic rings. The van der Waals surface area contributed by atoms with Crippen LogP contribution >= 0.6 is 0 Å². The predicted octanol–water partition coefficient (Wildman–Crippen LogP) is 3.71. The fraction of sp³-hybridized carbons (Fsp3) is 0.390. The number of para-hydroxylation sites is 1. The number of rotatable bonds is 7. The van der Waals surface area contributed by atoms with Crippen LogP contribution in [0.3, 0.4) is 0 Å². The molecular weight excluding hydrogens is 749 g/mol. The topological polar surface area (TPSA) is 165 Å². The summed E-state index contributed by atoms with van der Waals surface area (Å²) in [6.45, 7) is 6.41. The molecule has 0 unspecified atom stereocenters. The van der Waals surface area contributed by atoms with E-state index in [1.807, 2.05) is 40.9 Å². The highest BCUT2D eigenvalue weighted by atomic mass is 19.1. The minimum Gasteiger partial charge on any atom is -0.504 e. The monoisotopic (exact) mass is 789 g/mol. The molecular formula is C41H41F2N11O4. The lowest BCUT2D eigenvalue weighted by Gasteiger charge is -2.42. The number of imide groups is 1. The molecule has 58 heavy (non-hydrogen) atoms. The first-order valence-electron chi connectivity index (χ1n) is 19.6. The lowest BCUT2D eigenvalue weighted by atomic mass is 9.94. The summed E-state index contributed by atoms with van der Waals surface area (Å²) in [5.74, 6) is -1.67. The second-order valence-electron chi connectivity index (χ2n) is 16.0. The van der Waals surface area contributed by atoms with Crippen LogP contribution in [-0.4, -0.2) is 115 Å². The van der Waals surface area contributed by atoms with Crippen LogP contribution in [0, 0.1) is 12.7 Å². The van der Waals surface area contributed by atoms with Crippen LogP contribution in [0.25, 0.3) is 22.3 Å². The molecule has 3 N–H and O–H groups in total. The number of pyridine rings is 1. The zero-order valence-electron chi connectivity index (χ0n) is 31.8. The van der Waals surface area contributed by atoms with Gasteiger partial charge >= 0.3 is 0 Å². The quantitative estimate of drug-likeness (QED) is 0.205. The number of aromatic nitrogens is 5. The van der Waals surface area contributed by atoms with E-state index in [1.165, 1.54) is 12.1 Å². The first-order chi connectivity index (χ1) is 28.1. The number of piperidine rings is 1. The summed E-state index contributed by atoms with van der Waals surface area (Å²) in [6, 6.07) is 13.2. The Kier molecular flexibility index (Phi) is 8.54. The van der Waals surface area contributed by atoms with E-state index in [1.54, 1.807) is 17.0 Å². The van der Waals surface area contributed by atoms with E-state index in [4.69, 9.17) is 10.1 Å². The van der Waals surface area contributed by atoms with Crippen LogP contribution in [0.2, 0.25) is 0 Å². The lowest BCUT2D eigenvalue weighted by Crippen LogP contribution is -2.54. The summed E-state index contributed by atoms with van der Waals surface area (Å²) >= 11 is 0. The average molecular weight is 790 g/mol. The number of aromatic hydroxyl groups is 1. The number of phenols is 1. The van der Waals surface area contributed by atoms with Gasteiger partial charge in [0.2, 0.25) is 11.8 Å². The van der Waals surface area contributed by atoms with Crippen molar-refractivity contribution < 1.29 is 28.3 Å². The third kappa shape index (κ3) is 5.89. The van der Waals surface area contributed by atoms with Crippen LogP contribution < -0.4 is 20.4 Å². The SMILES string of the molecule is Cc1nc2c(cnn2[C@H]2CN3c4cc(-c5cccc(F)c5O)nnc4NC[C@@]3(CF)C2)cc1CN1CCN(c2ccc3c(c2)C(=O)N([C@H]2CCC(=O)NC2=O)C3)CC1. The van der Waals surface area contributed by atoms with Crippen molar-refractivity contribution in [1.82, 2.24) is 40.1 Å². The van der Waals surface area contributed by atoms with Gasteiger partial charge in [0.25, 0.3) is 5.91 Å². The number of fused-ring (bicyclic) bond motifs is 5. The largest absolute Gasteiger partial charge is 0.504 e. The maximum absolute atomic E-state index is 15.1. The van der Waals surface area contributed by atoms with Crippen LogP contribution in [0.15, 0.2) is 54.7 Å². The summed E-state index contributed by atoms with van der Waals surface area (Å²) in [7, 11) is 0. The van der Waals surface area contributed by atoms with Gasteiger partial charge in [-0.05, 0) is 67.3 Å². The van der Waals surface area contributed by atoms with Crippen molar-refractivity contribution >= 4 is 45.9 Å². The van der Waals surface area contributed by atoms with Gasteiger partial charge in [0, 0.05) is 86.7 Å². The Hall–Kier alpha value is -6.23. The highest BCUT2D eigenvalue weighted by Crippen LogP contribution is 2.47. The molecule has 0 aliphatic carbocycles. The molecule has 3 saturated heterocycles. The molecule has 0 bridgehead atoms. The Bertz CT molecular complexity index is 2520. The minimum absolute atomic E-state index is 0.173. The van der Waals surface area contributed by atoms with E-state index >= 15 is 4.39 Å². The molecule has 2 aromatic carbocycles. The molecule has 17 heteroatoms. The third-order valence-corrected chi connectivity index (χ3v) is 12.6. The second-order valence-corrected chi connectivity index (χ2v) is 16.0. The number of alkyl halides is 1. The number of nitrogens with zero attached hydrogens (tertiary/aromatic N) is 9. The molecule has 3 amide bonds. The summed E-state index contributed by atoms with van der Waals surface area (Å²) in [6.07, 6.45) is 2.85. The molecule has 10 rings (SSSR count). The number of nitrogens with one attached hydrogen (secondary N) is 2. The van der Waals surface area contributed by atoms with Gasteiger partial charge in [-0.15, -0.1) is 10.2 Å². The first kappa shape index (κ1) is 36.1. The van der Waals surface area contributed by atoms with Crippen molar-refractivity contribution in [3.05, 3.63) is 82.9 Å². The fourth-order valence-electron chi connectivity index (χ4n) is 9.37. The van der Waals surface area contributed by atoms with Crippen LogP contribution in [0.4, 0.5) is 26.0 Å². The average Bonchev–Trinajstić information content (AvgIpc) is 3.92. The Morgan fingerprint density at radius 1 is 1.02 bits per heavy atom. The van der Waals surface area contributed by atoms with Crippen molar-refractivity contribution in [2.24, 2.45) is 0 Å². The number of halogens is 2. The van der Waals surface area contributed by atoms with E-state index < -0.39 is 35.7 Å². The number of piperazine rings is 1. The number of hydrogen-bond donors (Lipinski definition) is 3. The Labute approximate surface area is 331 Å². The standard InChI is InChI=1S/C41H41F2N11O4/c1-23-26(18-50-9-11-51(12-10-50)27-6-5-24-19-52(40(58)30(24)14-27)33-7-8-35(55)47-39(33)57)13-25-17-45-54(38(25)46-23)28-16-41(21-42)22-44-37-34(53(41)20-28)15-32(48-49-37)29-3-2-4-31(43)36(29)56/h2-6,13-15,17,28,33,56H,7-12,16,18-22H2,1H3,(H,44,49)(H,47,55,57)/t28-,33+,41+/m1/s1. The highest BCUT2D eigenvalue weighted by molar-refractivity contribution is 6.05. The van der Waals surface area contributed by atoms with Gasteiger partial charge < -0.3 is 25.1 Å². The number of hydrogen-bond acceptors (Lipinski definition) is 12. The summed E-state index contributed by atoms with van der Waals surface area (Å²) < 4.78 is 31.2. The lowest BCUT2D eigenvalue weighted by molar-refractivity contribution is -0.136. The van der Waals surface area contributed by atoms with Gasteiger partial charge in [-0.1, -0.05) is 12.1 Å². The van der Waals surface area contributed by atoms with Crippen LogP contribution in [-0.2, 0) is 22.7 Å². The van der Waals surface area contributed by atoms with Crippen molar-refractivity contribution in [2.75, 3.05) is 61.1 Å². The first-order valence-corrected chi connectivity index (χ1v) is 19.6. The van der Waals surface area contributed by atoms with E-state index in [2.05, 4.69) is 36.7 Å². The molecule has 0 saturated carbocycles. The summed E-state index contributed by atoms with van der Waals surface area (Å²) in [5, 5.41) is 30.2. The number of benzene rings is 2. The minimum atomic E-state index is -0.872. The van der Waals surface area contributed by atoms with Crippen molar-refractivity contribution in [3.8, 4) is 17.0 Å². The van der Waals surface area contributed by atoms with E-state index in [-0.39, 0.29) is 35.5 Å². The van der Waals surface area contributed by atoms with Gasteiger partial charge in [0.05, 0.1) is 29.2 Å². The molecule has 3 fully saturated rings. The zero-order valence-corrected chi connectivity index (χ0v) is 31.8. The third-order valence-electron chi connectivity index (χ3n) is 12.6. The van der Waals surface area contributed by atoms with Gasteiger partial charge in [0.15, 0.2) is 23.0 Å². The van der Waals surface area contributed by atoms with Gasteiger partial charge in [-0.2, -0.15) is 5.10 Å². The second kappa shape index (κ2) is 13.7. The van der Waals surface area contributed by atoms with Gasteiger partial charge in [0.1, 0.15) is 12.7 Å². The Morgan fingerprint density at radius 2 is 1.86 bits per heavy atom. The van der Waals surface area contributed by atoms with E-state index in [9.17, 15) is 23.9 Å². The molecule has 8 heterocycles. The van der Waals surface area contributed by atoms with Crippen molar-refractivity contribution in [2.45, 2.75) is 56.9 Å². The maximum atomic E-state index is 15.1. The summed E-state index contributed by atoms with van der Waals surface area (Å²) in [4.78, 5) is 50.8. The maximum Gasteiger partial charge on any atom is 0.255 e. The predicted molar refractivity (Wildman–Crippen MR) is 210 cm³/mol. The molecule has 5 aliphatic rings. The molecule has 3 atom stereocenters. The van der Waals surface area contributed by atoms with E-state index in [0.717, 1.165) is 59.7 Å². The Balaban J connectivity index is 0.819. The fourth-order valence-corrected chi connectivity index (χ4v) is 9.37. The van der Waals surface area contributed by atoms with Gasteiger partial charge in [-0.25, -0.2) is 18.4 Å². The molecule has 0 spiro atoms. The number of amides is 3. The summed E-state index contributed by atoms with van der Waals surface area (Å²) in [5.41, 5.74) is 5.45. The van der Waals surface area contributed by atoms with E-state index in [0.29, 0.717) is 56.1 Å². The normalized spacial score (nSPS) is 23.2. The molecule has 298 valence electrons. The Morgan fingerprint density at radius 3 is 2.67 bits per heavy atom. The number of anilines is 3.